The average molecular weight is 432 g/mol. The molecule has 29 heavy (non-hydrogen) atoms. The van der Waals surface area contributed by atoms with Crippen LogP contribution in [-0.4, -0.2) is 50.1 Å². The number of piperidine rings is 1. The van der Waals surface area contributed by atoms with Gasteiger partial charge in [-0.15, -0.1) is 4.40 Å². The zero-order valence-corrected chi connectivity index (χ0v) is 17.7. The number of sulfonamides is 1. The summed E-state index contributed by atoms with van der Waals surface area (Å²) in [5.41, 5.74) is 1.64. The lowest BCUT2D eigenvalue weighted by molar-refractivity contribution is -0.136. The van der Waals surface area contributed by atoms with Gasteiger partial charge >= 0.3 is 0 Å². The summed E-state index contributed by atoms with van der Waals surface area (Å²) in [7, 11) is -1.82. The Morgan fingerprint density at radius 2 is 1.90 bits per heavy atom. The molecule has 0 atom stereocenters. The van der Waals surface area contributed by atoms with E-state index >= 15 is 0 Å². The number of benzene rings is 2. The van der Waals surface area contributed by atoms with E-state index in [0.717, 1.165) is 5.56 Å². The van der Waals surface area contributed by atoms with Crippen LogP contribution >= 0.6 is 11.6 Å². The Labute approximate surface area is 175 Å². The summed E-state index contributed by atoms with van der Waals surface area (Å²) < 4.78 is 28.6. The molecular formula is C21H22ClN3O3S. The highest BCUT2D eigenvalue weighted by atomic mass is 35.5. The minimum absolute atomic E-state index is 0.0794. The van der Waals surface area contributed by atoms with E-state index in [2.05, 4.69) is 4.40 Å². The number of halogens is 1. The molecule has 2 heterocycles. The Bertz CT molecular complexity index is 1080. The minimum atomic E-state index is -3.63. The van der Waals surface area contributed by atoms with E-state index in [1.807, 2.05) is 35.2 Å². The highest BCUT2D eigenvalue weighted by Crippen LogP contribution is 2.30. The van der Waals surface area contributed by atoms with Crippen LogP contribution in [-0.2, 0) is 21.4 Å². The first kappa shape index (κ1) is 19.9. The van der Waals surface area contributed by atoms with Gasteiger partial charge in [-0.3, -0.25) is 4.79 Å². The van der Waals surface area contributed by atoms with Gasteiger partial charge in [-0.05, 0) is 42.7 Å². The first-order valence-corrected chi connectivity index (χ1v) is 11.4. The molecule has 1 saturated heterocycles. The molecule has 152 valence electrons. The van der Waals surface area contributed by atoms with Gasteiger partial charge in [-0.1, -0.05) is 35.9 Å². The fourth-order valence-corrected chi connectivity index (χ4v) is 5.39. The molecule has 0 spiro atoms. The van der Waals surface area contributed by atoms with Crippen molar-refractivity contribution >= 4 is 33.4 Å². The first-order chi connectivity index (χ1) is 13.8. The average Bonchev–Trinajstić information content (AvgIpc) is 2.99. The molecule has 0 radical (unpaired) electrons. The number of likely N-dealkylation sites (tertiary alicyclic amines) is 1. The molecule has 8 heteroatoms. The van der Waals surface area contributed by atoms with Crippen molar-refractivity contribution in [3.05, 3.63) is 64.7 Å². The monoisotopic (exact) mass is 431 g/mol. The van der Waals surface area contributed by atoms with Crippen LogP contribution in [0.15, 0.2) is 57.8 Å². The molecule has 2 aromatic carbocycles. The molecule has 2 aliphatic heterocycles. The van der Waals surface area contributed by atoms with Crippen molar-refractivity contribution in [1.29, 1.82) is 0 Å². The number of hydrogen-bond acceptors (Lipinski definition) is 4. The molecule has 2 aliphatic rings. The third-order valence-corrected chi connectivity index (χ3v) is 7.00. The Balaban J connectivity index is 1.40. The van der Waals surface area contributed by atoms with Gasteiger partial charge in [-0.25, -0.2) is 0 Å². The minimum Gasteiger partial charge on any atom is -0.355 e. The number of rotatable bonds is 3. The van der Waals surface area contributed by atoms with Crippen molar-refractivity contribution in [2.45, 2.75) is 24.3 Å². The summed E-state index contributed by atoms with van der Waals surface area (Å²) in [5.74, 6) is 0.522. The van der Waals surface area contributed by atoms with E-state index in [0.29, 0.717) is 48.9 Å². The van der Waals surface area contributed by atoms with Gasteiger partial charge < -0.3 is 9.80 Å². The maximum atomic E-state index is 12.9. The topological polar surface area (TPSA) is 70.1 Å². The van der Waals surface area contributed by atoms with Crippen LogP contribution < -0.4 is 0 Å². The highest BCUT2D eigenvalue weighted by Gasteiger charge is 2.34. The predicted octanol–water partition coefficient (Wildman–Crippen LogP) is 3.16. The summed E-state index contributed by atoms with van der Waals surface area (Å²) in [6, 6.07) is 14.4. The van der Waals surface area contributed by atoms with Gasteiger partial charge in [0.15, 0.2) is 5.84 Å². The molecule has 1 amide bonds. The lowest BCUT2D eigenvalue weighted by Gasteiger charge is -2.34. The van der Waals surface area contributed by atoms with Crippen LogP contribution in [0, 0.1) is 5.92 Å². The SMILES string of the molecule is CN(Cc1cccc(Cl)c1)C(=O)C1CCN(C2=NS(=O)(=O)c3ccccc32)CC1. The zero-order chi connectivity index (χ0) is 20.6. The molecular weight excluding hydrogens is 410 g/mol. The first-order valence-electron chi connectivity index (χ1n) is 9.54. The van der Waals surface area contributed by atoms with Gasteiger partial charge in [0.2, 0.25) is 5.91 Å². The van der Waals surface area contributed by atoms with Crippen molar-refractivity contribution in [2.24, 2.45) is 10.3 Å². The quantitative estimate of drug-likeness (QED) is 0.748. The fraction of sp³-hybridized carbons (Fsp3) is 0.333. The largest absolute Gasteiger partial charge is 0.355 e. The predicted molar refractivity (Wildman–Crippen MR) is 112 cm³/mol. The molecule has 0 aliphatic carbocycles. The Kier molecular flexibility index (Phi) is 5.36. The van der Waals surface area contributed by atoms with Crippen molar-refractivity contribution in [3.8, 4) is 0 Å². The lowest BCUT2D eigenvalue weighted by atomic mass is 9.94. The van der Waals surface area contributed by atoms with E-state index in [1.54, 1.807) is 30.1 Å². The molecule has 2 aromatic rings. The van der Waals surface area contributed by atoms with Crippen molar-refractivity contribution in [3.63, 3.8) is 0 Å². The van der Waals surface area contributed by atoms with E-state index in [4.69, 9.17) is 11.6 Å². The van der Waals surface area contributed by atoms with Gasteiger partial charge in [0.05, 0.1) is 0 Å². The number of fused-ring (bicyclic) bond motifs is 1. The van der Waals surface area contributed by atoms with Crippen molar-refractivity contribution in [1.82, 2.24) is 9.80 Å². The number of hydrogen-bond donors (Lipinski definition) is 0. The van der Waals surface area contributed by atoms with Gasteiger partial charge in [0, 0.05) is 43.2 Å². The van der Waals surface area contributed by atoms with Crippen LogP contribution in [0.2, 0.25) is 5.02 Å². The maximum Gasteiger partial charge on any atom is 0.285 e. The van der Waals surface area contributed by atoms with Crippen LogP contribution in [0.3, 0.4) is 0 Å². The van der Waals surface area contributed by atoms with Crippen LogP contribution in [0.1, 0.15) is 24.0 Å². The standard InChI is InChI=1S/C21H22ClN3O3S/c1-24(14-15-5-4-6-17(22)13-15)21(26)16-9-11-25(12-10-16)20-18-7-2-3-8-19(18)29(27,28)23-20/h2-8,13,16H,9-12,14H2,1H3. The van der Waals surface area contributed by atoms with E-state index in [-0.39, 0.29) is 16.7 Å². The second-order valence-corrected chi connectivity index (χ2v) is 9.48. The number of carbonyl (C=O) groups excluding carboxylic acids is 1. The van der Waals surface area contributed by atoms with Gasteiger partial charge in [0.25, 0.3) is 10.0 Å². The number of amidine groups is 1. The normalized spacial score (nSPS) is 18.3. The maximum absolute atomic E-state index is 12.9. The molecule has 1 fully saturated rings. The van der Waals surface area contributed by atoms with Crippen LogP contribution in [0.4, 0.5) is 0 Å². The smallest absolute Gasteiger partial charge is 0.285 e. The van der Waals surface area contributed by atoms with E-state index in [9.17, 15) is 13.2 Å². The zero-order valence-electron chi connectivity index (χ0n) is 16.1. The number of nitrogens with zero attached hydrogens (tertiary/aromatic N) is 3. The second kappa shape index (κ2) is 7.80. The molecule has 0 N–H and O–H groups in total. The van der Waals surface area contributed by atoms with Crippen molar-refractivity contribution < 1.29 is 13.2 Å². The van der Waals surface area contributed by atoms with Gasteiger partial charge in [0.1, 0.15) is 4.90 Å². The Morgan fingerprint density at radius 3 is 2.62 bits per heavy atom. The Morgan fingerprint density at radius 1 is 1.17 bits per heavy atom. The summed E-state index contributed by atoms with van der Waals surface area (Å²) >= 11 is 6.03. The van der Waals surface area contributed by atoms with Gasteiger partial charge in [-0.2, -0.15) is 8.42 Å². The molecule has 0 saturated carbocycles. The van der Waals surface area contributed by atoms with Crippen LogP contribution in [0.5, 0.6) is 0 Å². The van der Waals surface area contributed by atoms with Crippen LogP contribution in [0.25, 0.3) is 0 Å². The third-order valence-electron chi connectivity index (χ3n) is 5.44. The Hall–Kier alpha value is -2.38. The van der Waals surface area contributed by atoms with E-state index in [1.165, 1.54) is 0 Å². The second-order valence-electron chi connectivity index (χ2n) is 7.47. The molecule has 0 bridgehead atoms. The summed E-state index contributed by atoms with van der Waals surface area (Å²) in [5, 5.41) is 0.657. The summed E-state index contributed by atoms with van der Waals surface area (Å²) in [6.45, 7) is 1.71. The molecule has 4 rings (SSSR count). The molecule has 6 nitrogen and oxygen atoms in total. The number of carbonyl (C=O) groups is 1. The highest BCUT2D eigenvalue weighted by molar-refractivity contribution is 7.90. The molecule has 0 unspecified atom stereocenters. The van der Waals surface area contributed by atoms with Crippen molar-refractivity contribution in [2.75, 3.05) is 20.1 Å². The number of amides is 1. The summed E-state index contributed by atoms with van der Waals surface area (Å²) in [4.78, 5) is 16.8. The molecule has 0 aromatic heterocycles. The third kappa shape index (κ3) is 4.02. The fourth-order valence-electron chi connectivity index (χ4n) is 3.95. The summed E-state index contributed by atoms with van der Waals surface area (Å²) in [6.07, 6.45) is 1.33. The lowest BCUT2D eigenvalue weighted by Crippen LogP contribution is -2.43. The van der Waals surface area contributed by atoms with E-state index < -0.39 is 10.0 Å².